The largest absolute Gasteiger partial charge is 0.396 e. The summed E-state index contributed by atoms with van der Waals surface area (Å²) >= 11 is 5.82. The second-order valence-electron chi connectivity index (χ2n) is 4.06. The van der Waals surface area contributed by atoms with Gasteiger partial charge in [0.2, 0.25) is 5.91 Å². The van der Waals surface area contributed by atoms with Crippen molar-refractivity contribution in [1.82, 2.24) is 4.90 Å². The highest BCUT2D eigenvalue weighted by molar-refractivity contribution is 6.30. The molecule has 0 heterocycles. The Labute approximate surface area is 107 Å². The predicted octanol–water partition coefficient (Wildman–Crippen LogP) is 2.63. The Morgan fingerprint density at radius 3 is 2.53 bits per heavy atom. The molecular weight excluding hydrogens is 238 g/mol. The van der Waals surface area contributed by atoms with Crippen molar-refractivity contribution in [2.75, 3.05) is 13.7 Å². The van der Waals surface area contributed by atoms with Gasteiger partial charge >= 0.3 is 0 Å². The first-order valence-electron chi connectivity index (χ1n) is 5.68. The van der Waals surface area contributed by atoms with Crippen molar-refractivity contribution in [3.05, 3.63) is 34.9 Å². The minimum Gasteiger partial charge on any atom is -0.396 e. The summed E-state index contributed by atoms with van der Waals surface area (Å²) in [6.07, 6.45) is 0.890. The average Bonchev–Trinajstić information content (AvgIpc) is 2.35. The summed E-state index contributed by atoms with van der Waals surface area (Å²) in [5.74, 6) is 0.0431. The quantitative estimate of drug-likeness (QED) is 0.879. The summed E-state index contributed by atoms with van der Waals surface area (Å²) in [7, 11) is 1.78. The minimum absolute atomic E-state index is 0.0125. The molecule has 0 spiro atoms. The number of halogens is 1. The van der Waals surface area contributed by atoms with Crippen LogP contribution in [0.3, 0.4) is 0 Å². The molecule has 3 nitrogen and oxygen atoms in total. The number of hydrogen-bond donors (Lipinski definition) is 1. The van der Waals surface area contributed by atoms with Crippen LogP contribution >= 0.6 is 11.6 Å². The van der Waals surface area contributed by atoms with Crippen LogP contribution in [-0.2, 0) is 4.79 Å². The molecule has 0 aromatic heterocycles. The van der Waals surface area contributed by atoms with Crippen LogP contribution in [0.15, 0.2) is 24.3 Å². The van der Waals surface area contributed by atoms with Crippen molar-refractivity contribution in [3.63, 3.8) is 0 Å². The highest BCUT2D eigenvalue weighted by atomic mass is 35.5. The zero-order valence-corrected chi connectivity index (χ0v) is 10.9. The fraction of sp³-hybridized carbons (Fsp3) is 0.462. The van der Waals surface area contributed by atoms with Crippen LogP contribution in [0.5, 0.6) is 0 Å². The van der Waals surface area contributed by atoms with Gasteiger partial charge in [-0.2, -0.15) is 0 Å². The van der Waals surface area contributed by atoms with E-state index in [1.165, 1.54) is 0 Å². The van der Waals surface area contributed by atoms with E-state index in [9.17, 15) is 4.79 Å². The van der Waals surface area contributed by atoms with Crippen molar-refractivity contribution >= 4 is 17.5 Å². The number of rotatable bonds is 5. The fourth-order valence-corrected chi connectivity index (χ4v) is 1.71. The third kappa shape index (κ3) is 4.02. The summed E-state index contributed by atoms with van der Waals surface area (Å²) in [6.45, 7) is 2.02. The second-order valence-corrected chi connectivity index (χ2v) is 4.50. The van der Waals surface area contributed by atoms with Gasteiger partial charge in [-0.15, -0.1) is 0 Å². The number of aliphatic hydroxyl groups is 1. The normalized spacial score (nSPS) is 12.2. The number of hydrogen-bond acceptors (Lipinski definition) is 2. The summed E-state index contributed by atoms with van der Waals surface area (Å²) < 4.78 is 0. The van der Waals surface area contributed by atoms with Crippen LogP contribution in [0.25, 0.3) is 0 Å². The van der Waals surface area contributed by atoms with Gasteiger partial charge in [0, 0.05) is 25.1 Å². The Bertz CT molecular complexity index is 364. The van der Waals surface area contributed by atoms with Crippen LogP contribution in [0.2, 0.25) is 5.02 Å². The topological polar surface area (TPSA) is 40.5 Å². The molecule has 17 heavy (non-hydrogen) atoms. The molecule has 1 unspecified atom stereocenters. The summed E-state index contributed by atoms with van der Waals surface area (Å²) in [6, 6.07) is 7.49. The van der Waals surface area contributed by atoms with Gasteiger partial charge in [-0.3, -0.25) is 4.79 Å². The van der Waals surface area contributed by atoms with Gasteiger partial charge in [0.1, 0.15) is 0 Å². The molecule has 0 saturated carbocycles. The van der Waals surface area contributed by atoms with E-state index in [4.69, 9.17) is 16.7 Å². The SMILES string of the molecule is CC(c1ccc(Cl)cc1)N(C)C(=O)CCCO. The van der Waals surface area contributed by atoms with Crippen molar-refractivity contribution in [3.8, 4) is 0 Å². The second kappa shape index (κ2) is 6.62. The van der Waals surface area contributed by atoms with E-state index in [1.54, 1.807) is 11.9 Å². The van der Waals surface area contributed by atoms with Gasteiger partial charge in [0.15, 0.2) is 0 Å². The molecular formula is C13H18ClNO2. The Kier molecular flexibility index (Phi) is 5.45. The van der Waals surface area contributed by atoms with E-state index in [2.05, 4.69) is 0 Å². The first kappa shape index (κ1) is 14.0. The lowest BCUT2D eigenvalue weighted by molar-refractivity contribution is -0.132. The maximum Gasteiger partial charge on any atom is 0.222 e. The Morgan fingerprint density at radius 2 is 2.00 bits per heavy atom. The first-order valence-corrected chi connectivity index (χ1v) is 6.06. The molecule has 4 heteroatoms. The number of benzene rings is 1. The molecule has 94 valence electrons. The van der Waals surface area contributed by atoms with Gasteiger partial charge in [-0.25, -0.2) is 0 Å². The van der Waals surface area contributed by atoms with Crippen LogP contribution < -0.4 is 0 Å². The lowest BCUT2D eigenvalue weighted by atomic mass is 10.1. The molecule has 0 aliphatic carbocycles. The maximum atomic E-state index is 11.8. The van der Waals surface area contributed by atoms with E-state index in [0.29, 0.717) is 17.9 Å². The van der Waals surface area contributed by atoms with E-state index >= 15 is 0 Å². The standard InChI is InChI=1S/C13H18ClNO2/c1-10(11-5-7-12(14)8-6-11)15(2)13(17)4-3-9-16/h5-8,10,16H,3-4,9H2,1-2H3. The molecule has 1 N–H and O–H groups in total. The molecule has 0 bridgehead atoms. The van der Waals surface area contributed by atoms with Crippen molar-refractivity contribution < 1.29 is 9.90 Å². The Balaban J connectivity index is 2.65. The van der Waals surface area contributed by atoms with Gasteiger partial charge in [-0.1, -0.05) is 23.7 Å². The van der Waals surface area contributed by atoms with Crippen LogP contribution in [0.1, 0.15) is 31.4 Å². The molecule has 0 radical (unpaired) electrons. The molecule has 0 aliphatic rings. The molecule has 1 amide bonds. The number of carbonyl (C=O) groups is 1. The third-order valence-electron chi connectivity index (χ3n) is 2.88. The van der Waals surface area contributed by atoms with Crippen LogP contribution in [0.4, 0.5) is 0 Å². The highest BCUT2D eigenvalue weighted by Gasteiger charge is 2.16. The summed E-state index contributed by atoms with van der Waals surface area (Å²) in [5.41, 5.74) is 1.05. The van der Waals surface area contributed by atoms with Crippen LogP contribution in [0, 0.1) is 0 Å². The highest BCUT2D eigenvalue weighted by Crippen LogP contribution is 2.21. The number of nitrogens with zero attached hydrogens (tertiary/aromatic N) is 1. The van der Waals surface area contributed by atoms with Gasteiger partial charge in [0.25, 0.3) is 0 Å². The summed E-state index contributed by atoms with van der Waals surface area (Å²) in [5, 5.41) is 9.39. The molecule has 0 fully saturated rings. The molecule has 1 aromatic rings. The Hall–Kier alpha value is -1.06. The lowest BCUT2D eigenvalue weighted by Gasteiger charge is -2.25. The molecule has 0 aliphatic heterocycles. The monoisotopic (exact) mass is 255 g/mol. The average molecular weight is 256 g/mol. The molecule has 1 rings (SSSR count). The molecule has 1 atom stereocenters. The number of aliphatic hydroxyl groups excluding tert-OH is 1. The van der Waals surface area contributed by atoms with Crippen molar-refractivity contribution in [2.45, 2.75) is 25.8 Å². The minimum atomic E-state index is 0.0125. The third-order valence-corrected chi connectivity index (χ3v) is 3.13. The van der Waals surface area contributed by atoms with E-state index in [1.807, 2.05) is 31.2 Å². The van der Waals surface area contributed by atoms with Gasteiger partial charge in [-0.05, 0) is 31.0 Å². The summed E-state index contributed by atoms with van der Waals surface area (Å²) in [4.78, 5) is 13.5. The smallest absolute Gasteiger partial charge is 0.222 e. The van der Waals surface area contributed by atoms with E-state index < -0.39 is 0 Å². The van der Waals surface area contributed by atoms with Gasteiger partial charge in [0.05, 0.1) is 6.04 Å². The van der Waals surface area contributed by atoms with E-state index in [-0.39, 0.29) is 18.6 Å². The first-order chi connectivity index (χ1) is 8.06. The fourth-order valence-electron chi connectivity index (χ4n) is 1.59. The Morgan fingerprint density at radius 1 is 1.41 bits per heavy atom. The lowest BCUT2D eigenvalue weighted by Crippen LogP contribution is -2.29. The zero-order valence-electron chi connectivity index (χ0n) is 10.2. The number of amides is 1. The van der Waals surface area contributed by atoms with Crippen LogP contribution in [-0.4, -0.2) is 29.6 Å². The van der Waals surface area contributed by atoms with Gasteiger partial charge < -0.3 is 10.0 Å². The molecule has 1 aromatic carbocycles. The predicted molar refractivity (Wildman–Crippen MR) is 69.0 cm³/mol. The maximum absolute atomic E-state index is 11.8. The van der Waals surface area contributed by atoms with Crippen molar-refractivity contribution in [1.29, 1.82) is 0 Å². The zero-order chi connectivity index (χ0) is 12.8. The van der Waals surface area contributed by atoms with E-state index in [0.717, 1.165) is 5.56 Å². The molecule has 0 saturated heterocycles. The number of carbonyl (C=O) groups excluding carboxylic acids is 1. The van der Waals surface area contributed by atoms with Crippen molar-refractivity contribution in [2.24, 2.45) is 0 Å².